The second-order valence-corrected chi connectivity index (χ2v) is 7.04. The highest BCUT2D eigenvalue weighted by Crippen LogP contribution is 2.44. The van der Waals surface area contributed by atoms with E-state index in [1.54, 1.807) is 14.2 Å². The van der Waals surface area contributed by atoms with Crippen molar-refractivity contribution >= 4 is 17.8 Å². The van der Waals surface area contributed by atoms with Crippen molar-refractivity contribution in [3.63, 3.8) is 0 Å². The quantitative estimate of drug-likeness (QED) is 0.630. The van der Waals surface area contributed by atoms with E-state index in [9.17, 15) is 0 Å². The van der Waals surface area contributed by atoms with E-state index in [0.29, 0.717) is 5.92 Å². The largest absolute Gasteiger partial charge is 0.495 e. The van der Waals surface area contributed by atoms with Crippen LogP contribution in [-0.4, -0.2) is 19.4 Å². The third kappa shape index (κ3) is 2.80. The van der Waals surface area contributed by atoms with Crippen molar-refractivity contribution in [3.8, 4) is 22.8 Å². The normalized spacial score (nSPS) is 15.1. The van der Waals surface area contributed by atoms with Gasteiger partial charge in [0.1, 0.15) is 16.4 Å². The molecule has 1 atom stereocenters. The number of anilines is 1. The van der Waals surface area contributed by atoms with Gasteiger partial charge in [-0.2, -0.15) is 0 Å². The van der Waals surface area contributed by atoms with E-state index < -0.39 is 0 Å². The molecule has 2 aromatic carbocycles. The molecule has 0 saturated carbocycles. The smallest absolute Gasteiger partial charge is 0.183 e. The minimum absolute atomic E-state index is 0.421. The average Bonchev–Trinajstić information content (AvgIpc) is 3.09. The van der Waals surface area contributed by atoms with Gasteiger partial charge in [-0.05, 0) is 42.0 Å². The minimum Gasteiger partial charge on any atom is -0.495 e. The highest BCUT2D eigenvalue weighted by Gasteiger charge is 2.28. The number of aromatic nitrogens is 1. The van der Waals surface area contributed by atoms with Crippen LogP contribution in [0.4, 0.5) is 5.82 Å². The van der Waals surface area contributed by atoms with Gasteiger partial charge >= 0.3 is 0 Å². The molecule has 3 aromatic rings. The topological polar surface area (TPSA) is 56.5 Å². The van der Waals surface area contributed by atoms with Crippen molar-refractivity contribution in [3.05, 3.63) is 53.6 Å². The number of fused-ring (bicyclic) bond motifs is 3. The first-order chi connectivity index (χ1) is 12.7. The maximum Gasteiger partial charge on any atom is 0.183 e. The number of benzene rings is 2. The van der Waals surface area contributed by atoms with E-state index in [1.807, 2.05) is 24.3 Å². The summed E-state index contributed by atoms with van der Waals surface area (Å²) in [7, 11) is 3.30. The van der Waals surface area contributed by atoms with Gasteiger partial charge in [0.2, 0.25) is 0 Å². The summed E-state index contributed by atoms with van der Waals surface area (Å²) in [6.07, 6.45) is 0.891. The molecule has 1 aliphatic rings. The summed E-state index contributed by atoms with van der Waals surface area (Å²) in [4.78, 5) is 0.874. The van der Waals surface area contributed by atoms with Crippen LogP contribution in [-0.2, 0) is 6.42 Å². The first-order valence-corrected chi connectivity index (χ1v) is 9.26. The molecule has 1 aromatic heterocycles. The first-order valence-electron chi connectivity index (χ1n) is 8.44. The van der Waals surface area contributed by atoms with E-state index in [1.165, 1.54) is 17.5 Å². The van der Waals surface area contributed by atoms with Gasteiger partial charge in [0.05, 0.1) is 14.2 Å². The number of hydrogen-bond donors (Lipinski definition) is 1. The Morgan fingerprint density at radius 1 is 1.08 bits per heavy atom. The predicted octanol–water partition coefficient (Wildman–Crippen LogP) is 5.14. The zero-order valence-corrected chi connectivity index (χ0v) is 15.7. The van der Waals surface area contributed by atoms with Gasteiger partial charge in [-0.25, -0.2) is 0 Å². The molecule has 1 heterocycles. The lowest BCUT2D eigenvalue weighted by Gasteiger charge is -2.21. The Morgan fingerprint density at radius 2 is 1.81 bits per heavy atom. The van der Waals surface area contributed by atoms with Crippen LogP contribution in [0.15, 0.2) is 51.9 Å². The molecular weight excluding hydrogens is 348 g/mol. The van der Waals surface area contributed by atoms with Crippen molar-refractivity contribution < 1.29 is 14.0 Å². The Hall–Kier alpha value is -2.60. The maximum absolute atomic E-state index is 5.68. The molecule has 0 bridgehead atoms. The lowest BCUT2D eigenvalue weighted by Crippen LogP contribution is -2.08. The lowest BCUT2D eigenvalue weighted by molar-refractivity contribution is 0.376. The molecule has 0 amide bonds. The zero-order chi connectivity index (χ0) is 18.1. The molecule has 26 heavy (non-hydrogen) atoms. The van der Waals surface area contributed by atoms with Crippen molar-refractivity contribution in [1.29, 1.82) is 0 Å². The van der Waals surface area contributed by atoms with Gasteiger partial charge in [0.25, 0.3) is 0 Å². The van der Waals surface area contributed by atoms with Crippen LogP contribution in [0.1, 0.15) is 24.0 Å². The zero-order valence-electron chi connectivity index (χ0n) is 14.9. The first kappa shape index (κ1) is 16.8. The summed E-state index contributed by atoms with van der Waals surface area (Å²) in [5, 5.41) is 4.27. The van der Waals surface area contributed by atoms with E-state index in [2.05, 4.69) is 35.0 Å². The summed E-state index contributed by atoms with van der Waals surface area (Å²) in [6, 6.07) is 14.1. The molecule has 0 radical (unpaired) electrons. The van der Waals surface area contributed by atoms with Gasteiger partial charge in [-0.1, -0.05) is 42.4 Å². The standard InChI is InChI=1S/C20H20N2O3S/c1-12-11-15-18(14-8-5-4-7-13(12)14)25-21-20(15)22-26-19-16(23-2)9-6-10-17(19)24-3/h4-10,12H,11H2,1-3H3,(H,21,22)/t12-/m1/s1. The van der Waals surface area contributed by atoms with E-state index >= 15 is 0 Å². The fourth-order valence-electron chi connectivity index (χ4n) is 3.36. The minimum atomic E-state index is 0.421. The van der Waals surface area contributed by atoms with Crippen LogP contribution in [0, 0.1) is 0 Å². The summed E-state index contributed by atoms with van der Waals surface area (Å²) >= 11 is 1.41. The highest BCUT2D eigenvalue weighted by atomic mass is 32.2. The molecule has 1 N–H and O–H groups in total. The molecular formula is C20H20N2O3S. The second-order valence-electron chi connectivity index (χ2n) is 6.23. The van der Waals surface area contributed by atoms with Gasteiger partial charge in [0.15, 0.2) is 11.6 Å². The monoisotopic (exact) mass is 368 g/mol. The Morgan fingerprint density at radius 3 is 2.54 bits per heavy atom. The molecule has 134 valence electrons. The average molecular weight is 368 g/mol. The van der Waals surface area contributed by atoms with E-state index in [-0.39, 0.29) is 0 Å². The number of ether oxygens (including phenoxy) is 2. The molecule has 0 fully saturated rings. The summed E-state index contributed by atoms with van der Waals surface area (Å²) in [5.74, 6) is 3.52. The Labute approximate surface area is 156 Å². The number of hydrogen-bond acceptors (Lipinski definition) is 6. The fourth-order valence-corrected chi connectivity index (χ4v) is 4.22. The van der Waals surface area contributed by atoms with Gasteiger partial charge < -0.3 is 18.7 Å². The summed E-state index contributed by atoms with van der Waals surface area (Å²) in [5.41, 5.74) is 3.54. The lowest BCUT2D eigenvalue weighted by atomic mass is 9.83. The third-order valence-electron chi connectivity index (χ3n) is 4.67. The number of nitrogens with zero attached hydrogens (tertiary/aromatic N) is 1. The van der Waals surface area contributed by atoms with Crippen LogP contribution in [0.25, 0.3) is 11.3 Å². The van der Waals surface area contributed by atoms with Crippen molar-refractivity contribution in [2.24, 2.45) is 0 Å². The molecule has 6 heteroatoms. The SMILES string of the molecule is COc1cccc(OC)c1SNc1noc2c1C[C@@H](C)c1ccccc1-2. The second kappa shape index (κ2) is 6.96. The van der Waals surface area contributed by atoms with Crippen molar-refractivity contribution in [2.45, 2.75) is 24.2 Å². The van der Waals surface area contributed by atoms with Crippen molar-refractivity contribution in [2.75, 3.05) is 18.9 Å². The van der Waals surface area contributed by atoms with Crippen LogP contribution < -0.4 is 14.2 Å². The van der Waals surface area contributed by atoms with E-state index in [4.69, 9.17) is 14.0 Å². The third-order valence-corrected chi connectivity index (χ3v) is 5.57. The molecule has 0 spiro atoms. The molecule has 1 aliphatic carbocycles. The van der Waals surface area contributed by atoms with Gasteiger partial charge in [0, 0.05) is 11.1 Å². The number of nitrogens with one attached hydrogen (secondary N) is 1. The Bertz CT molecular complexity index is 916. The highest BCUT2D eigenvalue weighted by molar-refractivity contribution is 8.00. The number of methoxy groups -OCH3 is 2. The molecule has 0 unspecified atom stereocenters. The van der Waals surface area contributed by atoms with Gasteiger partial charge in [-0.3, -0.25) is 0 Å². The van der Waals surface area contributed by atoms with Crippen LogP contribution in [0.2, 0.25) is 0 Å². The molecule has 5 nitrogen and oxygen atoms in total. The Kier molecular flexibility index (Phi) is 4.51. The van der Waals surface area contributed by atoms with E-state index in [0.717, 1.165) is 45.5 Å². The molecule has 4 rings (SSSR count). The Balaban J connectivity index is 1.64. The van der Waals surface area contributed by atoms with Crippen LogP contribution >= 0.6 is 11.9 Å². The van der Waals surface area contributed by atoms with Gasteiger partial charge in [-0.15, -0.1) is 0 Å². The fraction of sp³-hybridized carbons (Fsp3) is 0.250. The molecule has 0 aliphatic heterocycles. The van der Waals surface area contributed by atoms with Crippen LogP contribution in [0.3, 0.4) is 0 Å². The summed E-state index contributed by atoms with van der Waals surface area (Å²) in [6.45, 7) is 2.23. The van der Waals surface area contributed by atoms with Crippen LogP contribution in [0.5, 0.6) is 11.5 Å². The predicted molar refractivity (Wildman–Crippen MR) is 103 cm³/mol. The van der Waals surface area contributed by atoms with Crippen molar-refractivity contribution in [1.82, 2.24) is 5.16 Å². The summed E-state index contributed by atoms with van der Waals surface area (Å²) < 4.78 is 19.9. The number of rotatable bonds is 5. The maximum atomic E-state index is 5.68. The molecule has 0 saturated heterocycles.